The Kier molecular flexibility index (Phi) is 4.18. The summed E-state index contributed by atoms with van der Waals surface area (Å²) in [6, 6.07) is 0.606. The molecule has 0 aromatic carbocycles. The lowest BCUT2D eigenvalue weighted by molar-refractivity contribution is -0.149. The van der Waals surface area contributed by atoms with Crippen molar-refractivity contribution in [3.8, 4) is 0 Å². The third-order valence-electron chi connectivity index (χ3n) is 3.82. The lowest BCUT2D eigenvalue weighted by atomic mass is 9.84. The van der Waals surface area contributed by atoms with Crippen LogP contribution < -0.4 is 0 Å². The molecule has 2 heterocycles. The molecule has 4 nitrogen and oxygen atoms in total. The molecular formula is C12H21NO3. The largest absolute Gasteiger partial charge is 0.464 e. The Morgan fingerprint density at radius 1 is 1.25 bits per heavy atom. The second kappa shape index (κ2) is 5.64. The smallest absolute Gasteiger partial charge is 0.331 e. The molecule has 0 aromatic heterocycles. The van der Waals surface area contributed by atoms with E-state index in [1.165, 1.54) is 38.8 Å². The van der Waals surface area contributed by atoms with Crippen molar-refractivity contribution in [2.24, 2.45) is 5.92 Å². The fourth-order valence-corrected chi connectivity index (χ4v) is 3.02. The first-order chi connectivity index (χ1) is 7.81. The van der Waals surface area contributed by atoms with Gasteiger partial charge in [-0.15, -0.1) is 0 Å². The van der Waals surface area contributed by atoms with Crippen LogP contribution in [0.2, 0.25) is 0 Å². The summed E-state index contributed by atoms with van der Waals surface area (Å²) in [6.07, 6.45) is 6.20. The summed E-state index contributed by atoms with van der Waals surface area (Å²) in [6.45, 7) is 2.39. The Morgan fingerprint density at radius 3 is 2.88 bits per heavy atom. The number of piperidine rings is 2. The van der Waals surface area contributed by atoms with Gasteiger partial charge in [0.2, 0.25) is 0 Å². The van der Waals surface area contributed by atoms with Gasteiger partial charge in [-0.25, -0.2) is 4.79 Å². The Morgan fingerprint density at radius 2 is 2.06 bits per heavy atom. The van der Waals surface area contributed by atoms with Crippen molar-refractivity contribution < 1.29 is 14.6 Å². The Balaban J connectivity index is 1.85. The van der Waals surface area contributed by atoms with Gasteiger partial charge in [0.1, 0.15) is 6.61 Å². The molecule has 0 bridgehead atoms. The normalized spacial score (nSPS) is 30.8. The zero-order valence-corrected chi connectivity index (χ0v) is 9.73. The van der Waals surface area contributed by atoms with Gasteiger partial charge in [-0.3, -0.25) is 4.90 Å². The second-order valence-electron chi connectivity index (χ2n) is 4.84. The van der Waals surface area contributed by atoms with E-state index in [-0.39, 0.29) is 0 Å². The van der Waals surface area contributed by atoms with Crippen molar-refractivity contribution in [2.75, 3.05) is 26.3 Å². The minimum absolute atomic E-state index is 0.476. The number of esters is 1. The van der Waals surface area contributed by atoms with Crippen LogP contribution in [0.3, 0.4) is 0 Å². The van der Waals surface area contributed by atoms with Gasteiger partial charge >= 0.3 is 5.97 Å². The zero-order chi connectivity index (χ0) is 11.4. The van der Waals surface area contributed by atoms with Gasteiger partial charge in [-0.1, -0.05) is 6.42 Å². The number of nitrogens with zero attached hydrogens (tertiary/aromatic N) is 1. The molecule has 0 saturated carbocycles. The maximum Gasteiger partial charge on any atom is 0.331 e. The third-order valence-corrected chi connectivity index (χ3v) is 3.82. The topological polar surface area (TPSA) is 49.8 Å². The first kappa shape index (κ1) is 11.9. The number of hydrogen-bond donors (Lipinski definition) is 1. The van der Waals surface area contributed by atoms with E-state index in [2.05, 4.69) is 4.90 Å². The van der Waals surface area contributed by atoms with Crippen molar-refractivity contribution >= 4 is 5.97 Å². The van der Waals surface area contributed by atoms with Crippen molar-refractivity contribution in [1.29, 1.82) is 0 Å². The number of aliphatic hydroxyl groups is 1. The molecule has 2 aliphatic heterocycles. The Hall–Kier alpha value is -0.610. The molecule has 0 aromatic rings. The minimum Gasteiger partial charge on any atom is -0.464 e. The highest BCUT2D eigenvalue weighted by molar-refractivity contribution is 5.70. The number of carbonyl (C=O) groups excluding carboxylic acids is 1. The molecule has 0 amide bonds. The van der Waals surface area contributed by atoms with Gasteiger partial charge in [0.25, 0.3) is 0 Å². The number of aliphatic hydroxyl groups excluding tert-OH is 1. The molecule has 1 N–H and O–H groups in total. The lowest BCUT2D eigenvalue weighted by Gasteiger charge is -2.44. The molecule has 2 fully saturated rings. The SMILES string of the molecule is O=C(CO)OC[C@H]1CCCN2CCCC[C@@H]12. The maximum atomic E-state index is 10.9. The molecule has 16 heavy (non-hydrogen) atoms. The first-order valence-electron chi connectivity index (χ1n) is 6.32. The summed E-state index contributed by atoms with van der Waals surface area (Å²) in [5.41, 5.74) is 0. The third kappa shape index (κ3) is 2.74. The van der Waals surface area contributed by atoms with Crippen LogP contribution in [0.5, 0.6) is 0 Å². The summed E-state index contributed by atoms with van der Waals surface area (Å²) in [4.78, 5) is 13.5. The highest BCUT2D eigenvalue weighted by Crippen LogP contribution is 2.30. The van der Waals surface area contributed by atoms with Gasteiger partial charge in [-0.2, -0.15) is 0 Å². The van der Waals surface area contributed by atoms with Crippen LogP contribution in [0.1, 0.15) is 32.1 Å². The van der Waals surface area contributed by atoms with E-state index in [1.807, 2.05) is 0 Å². The summed E-state index contributed by atoms with van der Waals surface area (Å²) < 4.78 is 5.06. The summed E-state index contributed by atoms with van der Waals surface area (Å²) in [5.74, 6) is -0.0162. The van der Waals surface area contributed by atoms with E-state index >= 15 is 0 Å². The fraction of sp³-hybridized carbons (Fsp3) is 0.917. The number of hydrogen-bond acceptors (Lipinski definition) is 4. The second-order valence-corrected chi connectivity index (χ2v) is 4.84. The number of rotatable bonds is 3. The van der Waals surface area contributed by atoms with Crippen LogP contribution in [0.15, 0.2) is 0 Å². The van der Waals surface area contributed by atoms with E-state index in [1.54, 1.807) is 0 Å². The van der Waals surface area contributed by atoms with Crippen molar-refractivity contribution in [1.82, 2.24) is 4.90 Å². The predicted octanol–water partition coefficient (Wildman–Crippen LogP) is 0.786. The van der Waals surface area contributed by atoms with E-state index in [0.717, 1.165) is 6.42 Å². The van der Waals surface area contributed by atoms with Crippen molar-refractivity contribution in [3.63, 3.8) is 0 Å². The first-order valence-corrected chi connectivity index (χ1v) is 6.32. The maximum absolute atomic E-state index is 10.9. The molecule has 0 radical (unpaired) electrons. The van der Waals surface area contributed by atoms with Crippen molar-refractivity contribution in [3.05, 3.63) is 0 Å². The van der Waals surface area contributed by atoms with Crippen LogP contribution >= 0.6 is 0 Å². The minimum atomic E-state index is -0.499. The molecule has 2 aliphatic rings. The predicted molar refractivity (Wildman–Crippen MR) is 60.0 cm³/mol. The molecule has 0 aliphatic carbocycles. The van der Waals surface area contributed by atoms with E-state index < -0.39 is 12.6 Å². The Labute approximate surface area is 96.6 Å². The number of carbonyl (C=O) groups is 1. The summed E-state index contributed by atoms with van der Waals surface area (Å²) in [7, 11) is 0. The standard InChI is InChI=1S/C12H21NO3/c14-8-12(15)16-9-10-4-3-7-13-6-2-1-5-11(10)13/h10-11,14H,1-9H2/t10-,11+/m1/s1. The van der Waals surface area contributed by atoms with Gasteiger partial charge in [0, 0.05) is 12.0 Å². The van der Waals surface area contributed by atoms with Gasteiger partial charge < -0.3 is 9.84 Å². The van der Waals surface area contributed by atoms with Crippen LogP contribution in [-0.2, 0) is 9.53 Å². The fourth-order valence-electron chi connectivity index (χ4n) is 3.02. The van der Waals surface area contributed by atoms with E-state index in [0.29, 0.717) is 18.6 Å². The highest BCUT2D eigenvalue weighted by Gasteiger charge is 2.33. The number of ether oxygens (including phenoxy) is 1. The van der Waals surface area contributed by atoms with Crippen LogP contribution in [0.4, 0.5) is 0 Å². The molecule has 0 unspecified atom stereocenters. The molecule has 92 valence electrons. The summed E-state index contributed by atoms with van der Waals surface area (Å²) >= 11 is 0. The molecule has 4 heteroatoms. The Bertz CT molecular complexity index is 242. The van der Waals surface area contributed by atoms with Crippen LogP contribution in [-0.4, -0.2) is 48.3 Å². The molecule has 2 atom stereocenters. The summed E-state index contributed by atoms with van der Waals surface area (Å²) in [5, 5.41) is 8.61. The monoisotopic (exact) mass is 227 g/mol. The quantitative estimate of drug-likeness (QED) is 0.724. The lowest BCUT2D eigenvalue weighted by Crippen LogP contribution is -2.49. The van der Waals surface area contributed by atoms with Gasteiger partial charge in [0.15, 0.2) is 0 Å². The molecule has 0 spiro atoms. The van der Waals surface area contributed by atoms with Crippen LogP contribution in [0.25, 0.3) is 0 Å². The molecular weight excluding hydrogens is 206 g/mol. The van der Waals surface area contributed by atoms with Gasteiger partial charge in [-0.05, 0) is 38.8 Å². The zero-order valence-electron chi connectivity index (χ0n) is 9.73. The van der Waals surface area contributed by atoms with E-state index in [9.17, 15) is 4.79 Å². The molecule has 2 saturated heterocycles. The highest BCUT2D eigenvalue weighted by atomic mass is 16.5. The number of fused-ring (bicyclic) bond motifs is 1. The average Bonchev–Trinajstić information content (AvgIpc) is 2.35. The van der Waals surface area contributed by atoms with Gasteiger partial charge in [0.05, 0.1) is 6.61 Å². The molecule has 2 rings (SSSR count). The van der Waals surface area contributed by atoms with Crippen LogP contribution in [0, 0.1) is 5.92 Å². The van der Waals surface area contributed by atoms with E-state index in [4.69, 9.17) is 9.84 Å². The van der Waals surface area contributed by atoms with Crippen molar-refractivity contribution in [2.45, 2.75) is 38.1 Å². The average molecular weight is 227 g/mol.